The minimum absolute atomic E-state index is 0.121. The maximum absolute atomic E-state index is 13.3. The number of halogens is 1. The summed E-state index contributed by atoms with van der Waals surface area (Å²) < 4.78 is 5.48. The molecule has 174 valence electrons. The lowest BCUT2D eigenvalue weighted by atomic mass is 10.0. The number of anilines is 1. The first-order chi connectivity index (χ1) is 16.4. The van der Waals surface area contributed by atoms with Crippen LogP contribution in [0, 0.1) is 13.8 Å². The van der Waals surface area contributed by atoms with Crippen LogP contribution in [-0.4, -0.2) is 23.0 Å². The van der Waals surface area contributed by atoms with E-state index in [0.717, 1.165) is 27.6 Å². The van der Waals surface area contributed by atoms with Gasteiger partial charge in [0.05, 0.1) is 25.7 Å². The van der Waals surface area contributed by atoms with Crippen LogP contribution in [0.2, 0.25) is 5.02 Å². The van der Waals surface area contributed by atoms with Crippen molar-refractivity contribution in [2.24, 2.45) is 0 Å². The van der Waals surface area contributed by atoms with Gasteiger partial charge in [-0.2, -0.15) is 0 Å². The summed E-state index contributed by atoms with van der Waals surface area (Å²) in [7, 11) is 1.59. The fourth-order valence-corrected chi connectivity index (χ4v) is 4.04. The largest absolute Gasteiger partial charge is 0.496 e. The number of H-pyrrole nitrogens is 1. The minimum atomic E-state index is -0.339. The quantitative estimate of drug-likeness (QED) is 0.357. The Labute approximate surface area is 203 Å². The lowest BCUT2D eigenvalue weighted by Crippen LogP contribution is -2.36. The summed E-state index contributed by atoms with van der Waals surface area (Å²) in [6.07, 6.45) is 0. The molecule has 0 fully saturated rings. The van der Waals surface area contributed by atoms with E-state index in [2.05, 4.69) is 10.3 Å². The number of carbonyl (C=O) groups excluding carboxylic acids is 1. The number of pyridine rings is 1. The van der Waals surface area contributed by atoms with Crippen LogP contribution in [0.1, 0.15) is 22.3 Å². The smallest absolute Gasteiger partial charge is 0.322 e. The van der Waals surface area contributed by atoms with Crippen molar-refractivity contribution in [3.05, 3.63) is 104 Å². The van der Waals surface area contributed by atoms with Gasteiger partial charge in [-0.1, -0.05) is 41.9 Å². The number of fused-ring (bicyclic) bond motifs is 1. The standard InChI is InChI=1S/C27H26ClN3O3/c1-17-8-9-18(2)25-23(17)14-20(26(32)30-25)16-31(15-19-6-4-5-7-24(19)34-3)27(33)29-22-12-10-21(28)11-13-22/h4-14H,15-16H2,1-3H3,(H,29,33)(H,30,32). The molecular formula is C27H26ClN3O3. The molecule has 1 aromatic heterocycles. The number of aromatic nitrogens is 1. The molecule has 0 saturated heterocycles. The molecule has 7 heteroatoms. The number of aromatic amines is 1. The van der Waals surface area contributed by atoms with Crippen LogP contribution >= 0.6 is 11.6 Å². The highest BCUT2D eigenvalue weighted by molar-refractivity contribution is 6.30. The molecule has 0 saturated carbocycles. The van der Waals surface area contributed by atoms with Gasteiger partial charge in [-0.25, -0.2) is 4.79 Å². The van der Waals surface area contributed by atoms with Gasteiger partial charge in [0.15, 0.2) is 0 Å². The Morgan fingerprint density at radius 3 is 2.38 bits per heavy atom. The van der Waals surface area contributed by atoms with E-state index < -0.39 is 0 Å². The molecule has 4 aromatic rings. The molecule has 0 radical (unpaired) electrons. The number of urea groups is 1. The number of para-hydroxylation sites is 1. The summed E-state index contributed by atoms with van der Waals surface area (Å²) in [6, 6.07) is 19.9. The average molecular weight is 476 g/mol. The van der Waals surface area contributed by atoms with Gasteiger partial charge < -0.3 is 19.9 Å². The number of methoxy groups -OCH3 is 1. The number of benzene rings is 3. The van der Waals surface area contributed by atoms with Gasteiger partial charge >= 0.3 is 6.03 Å². The van der Waals surface area contributed by atoms with Crippen LogP contribution in [0.4, 0.5) is 10.5 Å². The Morgan fingerprint density at radius 2 is 1.65 bits per heavy atom. The third-order valence-corrected chi connectivity index (χ3v) is 6.07. The summed E-state index contributed by atoms with van der Waals surface area (Å²) in [5.41, 5.74) is 4.60. The number of hydrogen-bond donors (Lipinski definition) is 2. The van der Waals surface area contributed by atoms with Gasteiger partial charge in [-0.05, 0) is 61.4 Å². The molecule has 0 spiro atoms. The van der Waals surface area contributed by atoms with Crippen LogP contribution in [0.5, 0.6) is 5.75 Å². The first kappa shape index (κ1) is 23.4. The van der Waals surface area contributed by atoms with Gasteiger partial charge in [0, 0.05) is 27.2 Å². The third-order valence-electron chi connectivity index (χ3n) is 5.82. The van der Waals surface area contributed by atoms with Crippen molar-refractivity contribution in [1.82, 2.24) is 9.88 Å². The third kappa shape index (κ3) is 5.07. The van der Waals surface area contributed by atoms with Crippen LogP contribution in [0.15, 0.2) is 71.5 Å². The predicted octanol–water partition coefficient (Wildman–Crippen LogP) is 6.04. The Balaban J connectivity index is 1.71. The summed E-state index contributed by atoms with van der Waals surface area (Å²) in [5, 5.41) is 4.44. The van der Waals surface area contributed by atoms with Gasteiger partial charge in [-0.15, -0.1) is 0 Å². The topological polar surface area (TPSA) is 74.4 Å². The zero-order valence-electron chi connectivity index (χ0n) is 19.3. The van der Waals surface area contributed by atoms with Crippen molar-refractivity contribution in [3.63, 3.8) is 0 Å². The highest BCUT2D eigenvalue weighted by Crippen LogP contribution is 2.23. The van der Waals surface area contributed by atoms with E-state index in [1.165, 1.54) is 0 Å². The van der Waals surface area contributed by atoms with E-state index in [4.69, 9.17) is 16.3 Å². The van der Waals surface area contributed by atoms with Gasteiger partial charge in [0.1, 0.15) is 5.75 Å². The zero-order valence-corrected chi connectivity index (χ0v) is 20.1. The maximum Gasteiger partial charge on any atom is 0.322 e. The highest BCUT2D eigenvalue weighted by atomic mass is 35.5. The lowest BCUT2D eigenvalue weighted by molar-refractivity contribution is 0.205. The second-order valence-electron chi connectivity index (χ2n) is 8.22. The molecule has 4 rings (SSSR count). The molecule has 0 aliphatic carbocycles. The highest BCUT2D eigenvalue weighted by Gasteiger charge is 2.19. The van der Waals surface area contributed by atoms with Crippen LogP contribution in [0.25, 0.3) is 10.9 Å². The Hall–Kier alpha value is -3.77. The number of rotatable bonds is 6. The van der Waals surface area contributed by atoms with E-state index in [-0.39, 0.29) is 24.7 Å². The number of carbonyl (C=O) groups is 1. The minimum Gasteiger partial charge on any atom is -0.496 e. The molecule has 6 nitrogen and oxygen atoms in total. The summed E-state index contributed by atoms with van der Waals surface area (Å²) in [4.78, 5) is 30.9. The van der Waals surface area contributed by atoms with E-state index >= 15 is 0 Å². The monoisotopic (exact) mass is 475 g/mol. The van der Waals surface area contributed by atoms with E-state index in [9.17, 15) is 9.59 Å². The van der Waals surface area contributed by atoms with E-state index in [1.807, 2.05) is 56.3 Å². The summed E-state index contributed by atoms with van der Waals surface area (Å²) >= 11 is 5.97. The van der Waals surface area contributed by atoms with E-state index in [1.54, 1.807) is 36.3 Å². The van der Waals surface area contributed by atoms with Crippen LogP contribution < -0.4 is 15.6 Å². The first-order valence-corrected chi connectivity index (χ1v) is 11.3. The second kappa shape index (κ2) is 10.0. The number of hydrogen-bond acceptors (Lipinski definition) is 3. The molecule has 0 aliphatic rings. The number of ether oxygens (including phenoxy) is 1. The Bertz CT molecular complexity index is 1400. The van der Waals surface area contributed by atoms with Crippen molar-refractivity contribution < 1.29 is 9.53 Å². The Kier molecular flexibility index (Phi) is 6.89. The van der Waals surface area contributed by atoms with E-state index in [0.29, 0.717) is 22.0 Å². The van der Waals surface area contributed by atoms with Crippen molar-refractivity contribution in [2.75, 3.05) is 12.4 Å². The van der Waals surface area contributed by atoms with Gasteiger partial charge in [0.25, 0.3) is 5.56 Å². The van der Waals surface area contributed by atoms with Crippen molar-refractivity contribution in [1.29, 1.82) is 0 Å². The molecule has 0 unspecified atom stereocenters. The fraction of sp³-hybridized carbons (Fsp3) is 0.185. The van der Waals surface area contributed by atoms with Gasteiger partial charge in [0.2, 0.25) is 0 Å². The molecule has 2 N–H and O–H groups in total. The number of amides is 2. The normalized spacial score (nSPS) is 10.8. The molecule has 2 amide bonds. The maximum atomic E-state index is 13.3. The van der Waals surface area contributed by atoms with Gasteiger partial charge in [-0.3, -0.25) is 4.79 Å². The summed E-state index contributed by atoms with van der Waals surface area (Å²) in [5.74, 6) is 0.672. The number of aryl methyl sites for hydroxylation is 2. The molecular weight excluding hydrogens is 450 g/mol. The molecule has 3 aromatic carbocycles. The van der Waals surface area contributed by atoms with Crippen LogP contribution in [0.3, 0.4) is 0 Å². The van der Waals surface area contributed by atoms with Crippen molar-refractivity contribution in [2.45, 2.75) is 26.9 Å². The number of nitrogens with one attached hydrogen (secondary N) is 2. The van der Waals surface area contributed by atoms with Crippen LogP contribution in [-0.2, 0) is 13.1 Å². The summed E-state index contributed by atoms with van der Waals surface area (Å²) in [6.45, 7) is 4.35. The average Bonchev–Trinajstić information content (AvgIpc) is 2.83. The molecule has 0 aliphatic heterocycles. The van der Waals surface area contributed by atoms with Crippen molar-refractivity contribution in [3.8, 4) is 5.75 Å². The first-order valence-electron chi connectivity index (χ1n) is 10.9. The lowest BCUT2D eigenvalue weighted by Gasteiger charge is -2.24. The predicted molar refractivity (Wildman–Crippen MR) is 137 cm³/mol. The van der Waals surface area contributed by atoms with Crippen molar-refractivity contribution >= 4 is 34.2 Å². The Morgan fingerprint density at radius 1 is 0.971 bits per heavy atom. The zero-order chi connectivity index (χ0) is 24.2. The molecule has 0 atom stereocenters. The second-order valence-corrected chi connectivity index (χ2v) is 8.65. The fourth-order valence-electron chi connectivity index (χ4n) is 3.92. The SMILES string of the molecule is COc1ccccc1CN(Cc1cc2c(C)ccc(C)c2[nH]c1=O)C(=O)Nc1ccc(Cl)cc1. The molecule has 34 heavy (non-hydrogen) atoms. The molecule has 0 bridgehead atoms. The molecule has 1 heterocycles. The number of nitrogens with zero attached hydrogens (tertiary/aromatic N) is 1.